The number of rotatable bonds is 4. The number of halogens is 1. The van der Waals surface area contributed by atoms with E-state index < -0.39 is 0 Å². The molecular formula is C19H20FN5O2. The fourth-order valence-electron chi connectivity index (χ4n) is 3.29. The third-order valence-corrected chi connectivity index (χ3v) is 4.57. The zero-order valence-electron chi connectivity index (χ0n) is 14.7. The minimum absolute atomic E-state index is 0.138. The summed E-state index contributed by atoms with van der Waals surface area (Å²) < 4.78 is 21.3. The highest BCUT2D eigenvalue weighted by atomic mass is 19.1. The number of aromatic nitrogens is 4. The molecule has 3 heterocycles. The van der Waals surface area contributed by atoms with Crippen LogP contribution >= 0.6 is 0 Å². The second-order valence-corrected chi connectivity index (χ2v) is 6.49. The molecule has 1 aliphatic rings. The number of hydrogen-bond donors (Lipinski definition) is 1. The zero-order valence-corrected chi connectivity index (χ0v) is 14.7. The number of carbonyl (C=O) groups excluding carboxylic acids is 1. The maximum atomic E-state index is 13.6. The van der Waals surface area contributed by atoms with Gasteiger partial charge in [-0.25, -0.2) is 4.39 Å². The van der Waals surface area contributed by atoms with Crippen molar-refractivity contribution in [3.8, 4) is 11.3 Å². The summed E-state index contributed by atoms with van der Waals surface area (Å²) in [6.45, 7) is 2.24. The van der Waals surface area contributed by atoms with Crippen LogP contribution in [0.2, 0.25) is 0 Å². The molecule has 27 heavy (non-hydrogen) atoms. The van der Waals surface area contributed by atoms with Gasteiger partial charge in [-0.15, -0.1) is 0 Å². The van der Waals surface area contributed by atoms with E-state index in [1.807, 2.05) is 12.3 Å². The quantitative estimate of drug-likeness (QED) is 0.766. The highest BCUT2D eigenvalue weighted by Crippen LogP contribution is 2.24. The topological polar surface area (TPSA) is 76.0 Å². The fraction of sp³-hybridized carbons (Fsp3) is 0.316. The number of amides is 1. The molecule has 3 aromatic rings. The van der Waals surface area contributed by atoms with E-state index in [4.69, 9.17) is 4.74 Å². The number of H-pyrrole nitrogens is 1. The lowest BCUT2D eigenvalue weighted by atomic mass is 10.1. The normalized spacial score (nSPS) is 17.7. The smallest absolute Gasteiger partial charge is 0.257 e. The molecule has 0 radical (unpaired) electrons. The molecule has 1 saturated heterocycles. The van der Waals surface area contributed by atoms with Gasteiger partial charge in [0.25, 0.3) is 5.91 Å². The van der Waals surface area contributed by atoms with Crippen LogP contribution in [0.15, 0.2) is 48.9 Å². The van der Waals surface area contributed by atoms with Crippen molar-refractivity contribution in [2.75, 3.05) is 19.7 Å². The Morgan fingerprint density at radius 3 is 3.11 bits per heavy atom. The summed E-state index contributed by atoms with van der Waals surface area (Å²) in [7, 11) is 0. The highest BCUT2D eigenvalue weighted by molar-refractivity contribution is 5.99. The predicted octanol–water partition coefficient (Wildman–Crippen LogP) is 2.34. The first kappa shape index (κ1) is 17.4. The van der Waals surface area contributed by atoms with Crippen molar-refractivity contribution in [1.29, 1.82) is 0 Å². The SMILES string of the molecule is O=C(c1cn[nH]c1-c1cccc(F)c1)N1CCCO[C@@H](Cn2cccn2)C1. The maximum Gasteiger partial charge on any atom is 0.257 e. The minimum atomic E-state index is -0.358. The van der Waals surface area contributed by atoms with Crippen molar-refractivity contribution in [1.82, 2.24) is 24.9 Å². The van der Waals surface area contributed by atoms with E-state index in [0.29, 0.717) is 43.1 Å². The van der Waals surface area contributed by atoms with Crippen molar-refractivity contribution in [3.63, 3.8) is 0 Å². The van der Waals surface area contributed by atoms with Crippen LogP contribution < -0.4 is 0 Å². The van der Waals surface area contributed by atoms with E-state index in [-0.39, 0.29) is 17.8 Å². The van der Waals surface area contributed by atoms with Gasteiger partial charge in [-0.1, -0.05) is 12.1 Å². The van der Waals surface area contributed by atoms with Crippen molar-refractivity contribution >= 4 is 5.91 Å². The van der Waals surface area contributed by atoms with Crippen LogP contribution in [-0.2, 0) is 11.3 Å². The van der Waals surface area contributed by atoms with Gasteiger partial charge in [-0.3, -0.25) is 14.6 Å². The average Bonchev–Trinajstić information content (AvgIpc) is 3.30. The van der Waals surface area contributed by atoms with Crippen LogP contribution in [0.5, 0.6) is 0 Å². The molecule has 1 amide bonds. The van der Waals surface area contributed by atoms with Crippen molar-refractivity contribution < 1.29 is 13.9 Å². The van der Waals surface area contributed by atoms with E-state index in [0.717, 1.165) is 6.42 Å². The molecule has 0 spiro atoms. The van der Waals surface area contributed by atoms with Gasteiger partial charge in [0.15, 0.2) is 0 Å². The van der Waals surface area contributed by atoms with Crippen LogP contribution in [0, 0.1) is 5.82 Å². The number of aromatic amines is 1. The van der Waals surface area contributed by atoms with Crippen molar-refractivity contribution in [2.45, 2.75) is 19.1 Å². The van der Waals surface area contributed by atoms with Crippen molar-refractivity contribution in [2.24, 2.45) is 0 Å². The Kier molecular flexibility index (Phi) is 4.97. The second-order valence-electron chi connectivity index (χ2n) is 6.49. The standard InChI is InChI=1S/C19H20FN5O2/c20-15-5-1-4-14(10-15)18-17(11-21-23-18)19(26)24-7-3-9-27-16(12-24)13-25-8-2-6-22-25/h1-2,4-6,8,10-11,16H,3,7,9,12-13H2,(H,21,23)/t16-/m1/s1. The van der Waals surface area contributed by atoms with E-state index >= 15 is 0 Å². The largest absolute Gasteiger partial charge is 0.374 e. The lowest BCUT2D eigenvalue weighted by Crippen LogP contribution is -2.38. The Bertz CT molecular complexity index is 908. The van der Waals surface area contributed by atoms with Gasteiger partial charge in [-0.2, -0.15) is 10.2 Å². The maximum absolute atomic E-state index is 13.6. The first-order valence-electron chi connectivity index (χ1n) is 8.88. The van der Waals surface area contributed by atoms with Gasteiger partial charge < -0.3 is 9.64 Å². The summed E-state index contributed by atoms with van der Waals surface area (Å²) in [5.74, 6) is -0.498. The summed E-state index contributed by atoms with van der Waals surface area (Å²) in [6.07, 6.45) is 5.71. The molecule has 0 aliphatic carbocycles. The number of hydrogen-bond acceptors (Lipinski definition) is 4. The average molecular weight is 369 g/mol. The fourth-order valence-corrected chi connectivity index (χ4v) is 3.29. The Labute approximate surface area is 155 Å². The molecule has 1 fully saturated rings. The molecule has 1 aliphatic heterocycles. The molecule has 1 atom stereocenters. The molecule has 7 nitrogen and oxygen atoms in total. The lowest BCUT2D eigenvalue weighted by Gasteiger charge is -2.24. The van der Waals surface area contributed by atoms with Crippen LogP contribution in [-0.4, -0.2) is 56.6 Å². The van der Waals surface area contributed by atoms with Crippen LogP contribution in [0.25, 0.3) is 11.3 Å². The van der Waals surface area contributed by atoms with E-state index in [2.05, 4.69) is 15.3 Å². The van der Waals surface area contributed by atoms with E-state index in [9.17, 15) is 9.18 Å². The molecule has 8 heteroatoms. The molecule has 0 bridgehead atoms. The molecule has 4 rings (SSSR count). The lowest BCUT2D eigenvalue weighted by molar-refractivity contribution is 0.0367. The first-order valence-corrected chi connectivity index (χ1v) is 8.88. The summed E-state index contributed by atoms with van der Waals surface area (Å²) in [5, 5.41) is 11.0. The summed E-state index contributed by atoms with van der Waals surface area (Å²) in [6, 6.07) is 7.97. The molecular weight excluding hydrogens is 349 g/mol. The minimum Gasteiger partial charge on any atom is -0.374 e. The third-order valence-electron chi connectivity index (χ3n) is 4.57. The van der Waals surface area contributed by atoms with E-state index in [1.165, 1.54) is 18.3 Å². The van der Waals surface area contributed by atoms with Gasteiger partial charge in [0.2, 0.25) is 0 Å². The third kappa shape index (κ3) is 3.90. The Morgan fingerprint density at radius 1 is 1.37 bits per heavy atom. The summed E-state index contributed by atoms with van der Waals surface area (Å²) in [5.41, 5.74) is 1.55. The Morgan fingerprint density at radius 2 is 2.30 bits per heavy atom. The van der Waals surface area contributed by atoms with Crippen LogP contribution in [0.4, 0.5) is 4.39 Å². The first-order chi connectivity index (χ1) is 13.2. The van der Waals surface area contributed by atoms with Gasteiger partial charge >= 0.3 is 0 Å². The van der Waals surface area contributed by atoms with Gasteiger partial charge in [0.05, 0.1) is 30.1 Å². The van der Waals surface area contributed by atoms with Crippen molar-refractivity contribution in [3.05, 3.63) is 60.3 Å². The predicted molar refractivity (Wildman–Crippen MR) is 96.5 cm³/mol. The van der Waals surface area contributed by atoms with Crippen LogP contribution in [0.3, 0.4) is 0 Å². The van der Waals surface area contributed by atoms with Gasteiger partial charge in [0.1, 0.15) is 5.82 Å². The molecule has 0 unspecified atom stereocenters. The highest BCUT2D eigenvalue weighted by Gasteiger charge is 2.26. The number of carbonyl (C=O) groups is 1. The Hall–Kier alpha value is -3.00. The van der Waals surface area contributed by atoms with E-state index in [1.54, 1.807) is 27.9 Å². The zero-order chi connectivity index (χ0) is 18.6. The van der Waals surface area contributed by atoms with Gasteiger partial charge in [-0.05, 0) is 24.6 Å². The Balaban J connectivity index is 1.54. The molecule has 2 aromatic heterocycles. The molecule has 1 N–H and O–H groups in total. The number of ether oxygens (including phenoxy) is 1. The monoisotopic (exact) mass is 369 g/mol. The molecule has 140 valence electrons. The summed E-state index contributed by atoms with van der Waals surface area (Å²) in [4.78, 5) is 14.9. The second kappa shape index (κ2) is 7.71. The van der Waals surface area contributed by atoms with Gasteiger partial charge in [0, 0.05) is 37.7 Å². The molecule has 0 saturated carbocycles. The molecule has 1 aromatic carbocycles. The summed E-state index contributed by atoms with van der Waals surface area (Å²) >= 11 is 0. The number of nitrogens with one attached hydrogen (secondary N) is 1. The van der Waals surface area contributed by atoms with Crippen LogP contribution in [0.1, 0.15) is 16.8 Å². The number of benzene rings is 1. The number of nitrogens with zero attached hydrogens (tertiary/aromatic N) is 4.